The van der Waals surface area contributed by atoms with Crippen molar-refractivity contribution in [2.24, 2.45) is 0 Å². The van der Waals surface area contributed by atoms with E-state index in [9.17, 15) is 14.7 Å². The van der Waals surface area contributed by atoms with E-state index in [1.807, 2.05) is 55.5 Å². The van der Waals surface area contributed by atoms with Crippen LogP contribution in [0.1, 0.15) is 31.0 Å². The van der Waals surface area contributed by atoms with Gasteiger partial charge in [0.25, 0.3) is 0 Å². The Hall–Kier alpha value is -3.48. The molecule has 0 saturated carbocycles. The fourth-order valence-corrected chi connectivity index (χ4v) is 3.40. The quantitative estimate of drug-likeness (QED) is 0.572. The highest BCUT2D eigenvalue weighted by molar-refractivity contribution is 5.91. The number of H-pyrrole nitrogens is 1. The summed E-state index contributed by atoms with van der Waals surface area (Å²) in [6.45, 7) is 3.39. The fourth-order valence-electron chi connectivity index (χ4n) is 3.40. The van der Waals surface area contributed by atoms with E-state index in [4.69, 9.17) is 4.74 Å². The molecule has 2 atom stereocenters. The third-order valence-electron chi connectivity index (χ3n) is 5.06. The summed E-state index contributed by atoms with van der Waals surface area (Å²) in [5.74, 6) is 0.283. The van der Waals surface area contributed by atoms with Gasteiger partial charge in [-0.15, -0.1) is 0 Å². The van der Waals surface area contributed by atoms with Crippen molar-refractivity contribution in [2.45, 2.75) is 31.8 Å². The van der Waals surface area contributed by atoms with Crippen molar-refractivity contribution in [2.75, 3.05) is 7.11 Å². The molecule has 0 aliphatic carbocycles. The molecule has 7 heteroatoms. The van der Waals surface area contributed by atoms with Crippen LogP contribution in [0.5, 0.6) is 5.75 Å². The van der Waals surface area contributed by atoms with Crippen LogP contribution in [0.4, 0.5) is 4.79 Å². The molecule has 29 heavy (non-hydrogen) atoms. The summed E-state index contributed by atoms with van der Waals surface area (Å²) in [6.07, 6.45) is 0.464. The molecular formula is C22H24N3O4-. The van der Waals surface area contributed by atoms with Crippen molar-refractivity contribution in [1.82, 2.24) is 15.6 Å². The summed E-state index contributed by atoms with van der Waals surface area (Å²) in [4.78, 5) is 27.5. The SMILES string of the molecule is COc1ccc(C(C)NC(=O)C(C)(Cc2c[nH]c3ccccc23)NC(=O)[O-])cc1. The van der Waals surface area contributed by atoms with Gasteiger partial charge in [0.1, 0.15) is 17.4 Å². The van der Waals surface area contributed by atoms with E-state index in [1.165, 1.54) is 0 Å². The average Bonchev–Trinajstić information content (AvgIpc) is 3.10. The second-order valence-electron chi connectivity index (χ2n) is 7.25. The molecule has 1 heterocycles. The Bertz CT molecular complexity index is 1010. The molecule has 0 saturated heterocycles. The number of hydrogen-bond acceptors (Lipinski definition) is 4. The number of carboxylic acid groups (broad SMARTS) is 1. The first-order valence-electron chi connectivity index (χ1n) is 9.31. The molecule has 0 radical (unpaired) electrons. The van der Waals surface area contributed by atoms with Gasteiger partial charge in [0, 0.05) is 23.5 Å². The number of carbonyl (C=O) groups excluding carboxylic acids is 2. The molecule has 0 spiro atoms. The number of ether oxygens (including phenoxy) is 1. The molecule has 2 aromatic carbocycles. The standard InChI is InChI=1S/C22H25N3O4/c1-14(15-8-10-17(29-3)11-9-15)24-20(26)22(2,25-21(27)28)12-16-13-23-19-7-5-4-6-18(16)19/h4-11,13-14,23,25H,12H2,1-3H3,(H,24,26)(H,27,28)/p-1. The number of fused-ring (bicyclic) bond motifs is 1. The number of para-hydroxylation sites is 1. The molecule has 3 rings (SSSR count). The molecule has 0 fully saturated rings. The molecule has 2 unspecified atom stereocenters. The number of benzene rings is 2. The Labute approximate surface area is 169 Å². The lowest BCUT2D eigenvalue weighted by molar-refractivity contribution is -0.252. The van der Waals surface area contributed by atoms with E-state index in [-0.39, 0.29) is 12.5 Å². The summed E-state index contributed by atoms with van der Waals surface area (Å²) in [5.41, 5.74) is 1.24. The van der Waals surface area contributed by atoms with Crippen LogP contribution < -0.4 is 20.5 Å². The second-order valence-corrected chi connectivity index (χ2v) is 7.25. The van der Waals surface area contributed by atoms with Gasteiger partial charge in [-0.3, -0.25) is 4.79 Å². The maximum Gasteiger partial charge on any atom is 0.246 e. The third kappa shape index (κ3) is 4.51. The molecule has 152 valence electrons. The molecule has 0 aliphatic heterocycles. The van der Waals surface area contributed by atoms with Crippen LogP contribution in [0.15, 0.2) is 54.7 Å². The van der Waals surface area contributed by atoms with Crippen molar-refractivity contribution in [3.8, 4) is 5.75 Å². The Morgan fingerprint density at radius 1 is 1.17 bits per heavy atom. The largest absolute Gasteiger partial charge is 0.530 e. The van der Waals surface area contributed by atoms with Gasteiger partial charge >= 0.3 is 0 Å². The van der Waals surface area contributed by atoms with Gasteiger partial charge in [-0.1, -0.05) is 30.3 Å². The number of nitrogens with one attached hydrogen (secondary N) is 3. The molecular weight excluding hydrogens is 370 g/mol. The van der Waals surface area contributed by atoms with Crippen molar-refractivity contribution in [1.29, 1.82) is 0 Å². The molecule has 3 N–H and O–H groups in total. The van der Waals surface area contributed by atoms with Crippen LogP contribution >= 0.6 is 0 Å². The van der Waals surface area contributed by atoms with E-state index in [2.05, 4.69) is 15.6 Å². The average molecular weight is 394 g/mol. The maximum atomic E-state index is 13.1. The zero-order chi connectivity index (χ0) is 21.0. The number of amides is 2. The van der Waals surface area contributed by atoms with Gasteiger partial charge < -0.3 is 30.3 Å². The van der Waals surface area contributed by atoms with Gasteiger partial charge in [-0.25, -0.2) is 0 Å². The lowest BCUT2D eigenvalue weighted by Crippen LogP contribution is -2.61. The lowest BCUT2D eigenvalue weighted by atomic mass is 9.91. The Kier molecular flexibility index (Phi) is 5.77. The molecule has 7 nitrogen and oxygen atoms in total. The van der Waals surface area contributed by atoms with Gasteiger partial charge in [0.05, 0.1) is 13.2 Å². The normalized spacial score (nSPS) is 14.0. The minimum Gasteiger partial charge on any atom is -0.530 e. The van der Waals surface area contributed by atoms with Crippen molar-refractivity contribution in [3.63, 3.8) is 0 Å². The molecule has 0 aliphatic rings. The highest BCUT2D eigenvalue weighted by Gasteiger charge is 2.35. The van der Waals surface area contributed by atoms with Crippen molar-refractivity contribution < 1.29 is 19.4 Å². The van der Waals surface area contributed by atoms with E-state index in [0.717, 1.165) is 27.8 Å². The summed E-state index contributed by atoms with van der Waals surface area (Å²) in [5, 5.41) is 17.4. The number of carbonyl (C=O) groups is 2. The Morgan fingerprint density at radius 2 is 1.86 bits per heavy atom. The van der Waals surface area contributed by atoms with Crippen LogP contribution in [-0.2, 0) is 11.2 Å². The van der Waals surface area contributed by atoms with E-state index >= 15 is 0 Å². The van der Waals surface area contributed by atoms with Gasteiger partial charge in [-0.05, 0) is 43.2 Å². The first-order chi connectivity index (χ1) is 13.8. The third-order valence-corrected chi connectivity index (χ3v) is 5.06. The van der Waals surface area contributed by atoms with Crippen LogP contribution in [0.2, 0.25) is 0 Å². The van der Waals surface area contributed by atoms with E-state index in [0.29, 0.717) is 0 Å². The molecule has 3 aromatic rings. The van der Waals surface area contributed by atoms with Crippen LogP contribution in [0.25, 0.3) is 10.9 Å². The molecule has 0 bridgehead atoms. The van der Waals surface area contributed by atoms with Crippen molar-refractivity contribution in [3.05, 3.63) is 65.9 Å². The minimum atomic E-state index is -1.50. The number of rotatable bonds is 7. The van der Waals surface area contributed by atoms with E-state index < -0.39 is 17.5 Å². The van der Waals surface area contributed by atoms with Gasteiger partial charge in [0.15, 0.2) is 0 Å². The van der Waals surface area contributed by atoms with Crippen LogP contribution in [0, 0.1) is 0 Å². The Morgan fingerprint density at radius 3 is 2.52 bits per heavy atom. The number of methoxy groups -OCH3 is 1. The number of hydrogen-bond donors (Lipinski definition) is 3. The van der Waals surface area contributed by atoms with Crippen LogP contribution in [-0.4, -0.2) is 29.6 Å². The lowest BCUT2D eigenvalue weighted by Gasteiger charge is -2.32. The highest BCUT2D eigenvalue weighted by atomic mass is 16.5. The smallest absolute Gasteiger partial charge is 0.246 e. The summed E-state index contributed by atoms with van der Waals surface area (Å²) in [7, 11) is 1.59. The number of aromatic amines is 1. The zero-order valence-corrected chi connectivity index (χ0v) is 16.6. The first-order valence-corrected chi connectivity index (χ1v) is 9.31. The van der Waals surface area contributed by atoms with Crippen molar-refractivity contribution >= 4 is 22.9 Å². The zero-order valence-electron chi connectivity index (χ0n) is 16.6. The van der Waals surface area contributed by atoms with Crippen LogP contribution in [0.3, 0.4) is 0 Å². The maximum absolute atomic E-state index is 13.1. The molecule has 2 amide bonds. The topological polar surface area (TPSA) is 106 Å². The predicted octanol–water partition coefficient (Wildman–Crippen LogP) is 2.29. The monoisotopic (exact) mass is 394 g/mol. The van der Waals surface area contributed by atoms with Gasteiger partial charge in [-0.2, -0.15) is 0 Å². The summed E-state index contributed by atoms with van der Waals surface area (Å²) in [6, 6.07) is 14.7. The highest BCUT2D eigenvalue weighted by Crippen LogP contribution is 2.24. The summed E-state index contributed by atoms with van der Waals surface area (Å²) >= 11 is 0. The van der Waals surface area contributed by atoms with E-state index in [1.54, 1.807) is 20.2 Å². The summed E-state index contributed by atoms with van der Waals surface area (Å²) < 4.78 is 5.15. The minimum absolute atomic E-state index is 0.173. The fraction of sp³-hybridized carbons (Fsp3) is 0.273. The van der Waals surface area contributed by atoms with Gasteiger partial charge in [0.2, 0.25) is 5.91 Å². The Balaban J connectivity index is 1.82. The molecule has 1 aromatic heterocycles. The first kappa shape index (κ1) is 20.3. The number of aromatic nitrogens is 1. The second kappa shape index (κ2) is 8.26. The predicted molar refractivity (Wildman–Crippen MR) is 108 cm³/mol.